The van der Waals surface area contributed by atoms with Crippen molar-refractivity contribution in [3.05, 3.63) is 60.2 Å². The predicted octanol–water partition coefficient (Wildman–Crippen LogP) is 2.25. The zero-order valence-electron chi connectivity index (χ0n) is 18.5. The van der Waals surface area contributed by atoms with Crippen molar-refractivity contribution >= 4 is 33.6 Å². The molecule has 0 radical (unpaired) electrons. The van der Waals surface area contributed by atoms with Crippen LogP contribution in [-0.4, -0.2) is 45.2 Å². The number of amides is 2. The van der Waals surface area contributed by atoms with Crippen LogP contribution in [0, 0.1) is 0 Å². The predicted molar refractivity (Wildman–Crippen MR) is 125 cm³/mol. The molecule has 33 heavy (non-hydrogen) atoms. The highest BCUT2D eigenvalue weighted by Gasteiger charge is 2.28. The molecular weight excluding hydrogens is 446 g/mol. The van der Waals surface area contributed by atoms with Crippen molar-refractivity contribution in [1.29, 1.82) is 0 Å². The second kappa shape index (κ2) is 10.9. The molecule has 1 aliphatic rings. The molecule has 3 rings (SSSR count). The lowest BCUT2D eigenvalue weighted by Crippen LogP contribution is -2.46. The summed E-state index contributed by atoms with van der Waals surface area (Å²) in [5, 5.41) is 0. The molecule has 10 heteroatoms. The smallest absolute Gasteiger partial charge is 0.279 e. The average molecular weight is 474 g/mol. The van der Waals surface area contributed by atoms with E-state index in [1.165, 1.54) is 10.4 Å². The van der Waals surface area contributed by atoms with Crippen LogP contribution in [0.25, 0.3) is 6.08 Å². The highest BCUT2D eigenvalue weighted by Crippen LogP contribution is 2.24. The van der Waals surface area contributed by atoms with Gasteiger partial charge in [-0.2, -0.15) is 0 Å². The van der Waals surface area contributed by atoms with Crippen molar-refractivity contribution in [3.8, 4) is 11.5 Å². The van der Waals surface area contributed by atoms with Gasteiger partial charge in [0.25, 0.3) is 11.8 Å². The number of anilines is 1. The van der Waals surface area contributed by atoms with Crippen LogP contribution in [0.1, 0.15) is 25.8 Å². The van der Waals surface area contributed by atoms with Crippen LogP contribution < -0.4 is 24.6 Å². The van der Waals surface area contributed by atoms with Gasteiger partial charge in [0.1, 0.15) is 11.5 Å². The SMILES string of the molecule is CCOc1ccc(OC(C)C(=O)NNC(=O)/C=C/c2ccc(N3CCCS3(=O)=O)cc2)cc1. The van der Waals surface area contributed by atoms with Gasteiger partial charge in [0.15, 0.2) is 6.10 Å². The van der Waals surface area contributed by atoms with Crippen molar-refractivity contribution in [3.63, 3.8) is 0 Å². The largest absolute Gasteiger partial charge is 0.494 e. The fraction of sp³-hybridized carbons (Fsp3) is 0.304. The fourth-order valence-electron chi connectivity index (χ4n) is 3.16. The standard InChI is InChI=1S/C23H27N3O6S/c1-3-31-20-10-12-21(13-11-20)32-17(2)23(28)25-24-22(27)14-7-18-5-8-19(9-6-18)26-15-4-16-33(26,29)30/h5-14,17H,3-4,15-16H2,1-2H3,(H,24,27)(H,25,28)/b14-7+. The van der Waals surface area contributed by atoms with Gasteiger partial charge >= 0.3 is 0 Å². The fourth-order valence-corrected chi connectivity index (χ4v) is 4.72. The maximum atomic E-state index is 12.2. The molecule has 2 aromatic rings. The Kier molecular flexibility index (Phi) is 7.94. The number of benzene rings is 2. The third kappa shape index (κ3) is 6.72. The minimum atomic E-state index is -3.23. The number of nitrogens with zero attached hydrogens (tertiary/aromatic N) is 1. The highest BCUT2D eigenvalue weighted by atomic mass is 32.2. The number of sulfonamides is 1. The molecule has 1 fully saturated rings. The monoisotopic (exact) mass is 473 g/mol. The molecule has 176 valence electrons. The summed E-state index contributed by atoms with van der Waals surface area (Å²) >= 11 is 0. The van der Waals surface area contributed by atoms with Gasteiger partial charge < -0.3 is 9.47 Å². The van der Waals surface area contributed by atoms with Gasteiger partial charge in [0, 0.05) is 12.6 Å². The van der Waals surface area contributed by atoms with Gasteiger partial charge in [-0.1, -0.05) is 12.1 Å². The van der Waals surface area contributed by atoms with Gasteiger partial charge in [-0.05, 0) is 68.3 Å². The van der Waals surface area contributed by atoms with E-state index in [9.17, 15) is 18.0 Å². The first-order valence-electron chi connectivity index (χ1n) is 10.6. The Morgan fingerprint density at radius 3 is 2.33 bits per heavy atom. The van der Waals surface area contributed by atoms with E-state index in [0.717, 1.165) is 0 Å². The van der Waals surface area contributed by atoms with Crippen molar-refractivity contribution in [2.24, 2.45) is 0 Å². The molecule has 1 saturated heterocycles. The molecule has 1 atom stereocenters. The van der Waals surface area contributed by atoms with Crippen molar-refractivity contribution in [2.75, 3.05) is 23.2 Å². The van der Waals surface area contributed by atoms with Crippen LogP contribution >= 0.6 is 0 Å². The Bertz CT molecular complexity index is 1100. The van der Waals surface area contributed by atoms with Gasteiger partial charge in [-0.15, -0.1) is 0 Å². The highest BCUT2D eigenvalue weighted by molar-refractivity contribution is 7.93. The Balaban J connectivity index is 1.45. The number of carbonyl (C=O) groups is 2. The lowest BCUT2D eigenvalue weighted by Gasteiger charge is -2.16. The number of carbonyl (C=O) groups excluding carboxylic acids is 2. The van der Waals surface area contributed by atoms with Crippen molar-refractivity contribution in [2.45, 2.75) is 26.4 Å². The number of ether oxygens (including phenoxy) is 2. The second-order valence-electron chi connectivity index (χ2n) is 7.31. The van der Waals surface area contributed by atoms with E-state index < -0.39 is 27.9 Å². The minimum Gasteiger partial charge on any atom is -0.494 e. The van der Waals surface area contributed by atoms with Gasteiger partial charge in [0.05, 0.1) is 18.0 Å². The number of nitrogens with one attached hydrogen (secondary N) is 2. The number of rotatable bonds is 8. The van der Waals surface area contributed by atoms with E-state index in [-0.39, 0.29) is 5.75 Å². The second-order valence-corrected chi connectivity index (χ2v) is 9.32. The summed E-state index contributed by atoms with van der Waals surface area (Å²) in [5.41, 5.74) is 5.92. The Morgan fingerprint density at radius 1 is 1.06 bits per heavy atom. The van der Waals surface area contributed by atoms with E-state index in [1.807, 2.05) is 6.92 Å². The first kappa shape index (κ1) is 24.1. The molecule has 2 N–H and O–H groups in total. The summed E-state index contributed by atoms with van der Waals surface area (Å²) in [4.78, 5) is 24.2. The van der Waals surface area contributed by atoms with E-state index in [4.69, 9.17) is 9.47 Å². The normalized spacial score (nSPS) is 15.8. The maximum absolute atomic E-state index is 12.2. The summed E-state index contributed by atoms with van der Waals surface area (Å²) in [7, 11) is -3.23. The van der Waals surface area contributed by atoms with E-state index in [0.29, 0.717) is 42.3 Å². The molecule has 0 bridgehead atoms. The molecule has 0 aliphatic carbocycles. The minimum absolute atomic E-state index is 0.157. The first-order chi connectivity index (χ1) is 15.8. The molecule has 0 spiro atoms. The van der Waals surface area contributed by atoms with Gasteiger partial charge in [0.2, 0.25) is 10.0 Å². The molecule has 2 aromatic carbocycles. The third-order valence-corrected chi connectivity index (χ3v) is 6.70. The Hall–Kier alpha value is -3.53. The Morgan fingerprint density at radius 2 is 1.73 bits per heavy atom. The van der Waals surface area contributed by atoms with Crippen molar-refractivity contribution < 1.29 is 27.5 Å². The van der Waals surface area contributed by atoms with Gasteiger partial charge in [-0.3, -0.25) is 24.7 Å². The van der Waals surface area contributed by atoms with Crippen molar-refractivity contribution in [1.82, 2.24) is 10.9 Å². The van der Waals surface area contributed by atoms with E-state index >= 15 is 0 Å². The van der Waals surface area contributed by atoms with Crippen LogP contribution in [0.4, 0.5) is 5.69 Å². The molecule has 1 unspecified atom stereocenters. The molecule has 0 saturated carbocycles. The molecule has 9 nitrogen and oxygen atoms in total. The zero-order valence-corrected chi connectivity index (χ0v) is 19.3. The molecule has 1 heterocycles. The Labute approximate surface area is 193 Å². The summed E-state index contributed by atoms with van der Waals surface area (Å²) in [6, 6.07) is 13.7. The lowest BCUT2D eigenvalue weighted by molar-refractivity contribution is -0.131. The topological polar surface area (TPSA) is 114 Å². The third-order valence-electron chi connectivity index (χ3n) is 4.83. The van der Waals surface area contributed by atoms with Crippen LogP contribution in [0.5, 0.6) is 11.5 Å². The summed E-state index contributed by atoms with van der Waals surface area (Å²) in [6.07, 6.45) is 2.60. The summed E-state index contributed by atoms with van der Waals surface area (Å²) in [5.74, 6) is 0.323. The van der Waals surface area contributed by atoms with Crippen LogP contribution in [0.2, 0.25) is 0 Å². The average Bonchev–Trinajstić information content (AvgIpc) is 3.16. The maximum Gasteiger partial charge on any atom is 0.279 e. The number of hydrogen-bond acceptors (Lipinski definition) is 6. The van der Waals surface area contributed by atoms with E-state index in [1.54, 1.807) is 61.5 Å². The zero-order chi connectivity index (χ0) is 23.8. The van der Waals surface area contributed by atoms with Crippen LogP contribution in [0.3, 0.4) is 0 Å². The lowest BCUT2D eigenvalue weighted by atomic mass is 10.2. The quantitative estimate of drug-likeness (QED) is 0.449. The number of hydrogen-bond donors (Lipinski definition) is 2. The van der Waals surface area contributed by atoms with E-state index in [2.05, 4.69) is 10.9 Å². The van der Waals surface area contributed by atoms with Crippen LogP contribution in [0.15, 0.2) is 54.6 Å². The summed E-state index contributed by atoms with van der Waals surface area (Å²) < 4.78 is 36.3. The van der Waals surface area contributed by atoms with Gasteiger partial charge in [-0.25, -0.2) is 8.42 Å². The molecule has 2 amide bonds. The first-order valence-corrected chi connectivity index (χ1v) is 12.2. The van der Waals surface area contributed by atoms with Crippen LogP contribution in [-0.2, 0) is 19.6 Å². The molecular formula is C23H27N3O6S. The molecule has 1 aliphatic heterocycles. The number of hydrazine groups is 1. The summed E-state index contributed by atoms with van der Waals surface area (Å²) in [6.45, 7) is 4.48. The molecule has 0 aromatic heterocycles.